The first-order valence-corrected chi connectivity index (χ1v) is 5.70. The first-order chi connectivity index (χ1) is 9.90. The number of ether oxygens (including phenoxy) is 2. The number of carboxylic acids is 1. The van der Waals surface area contributed by atoms with Crippen LogP contribution in [0.3, 0.4) is 0 Å². The zero-order valence-corrected chi connectivity index (χ0v) is 11.3. The van der Waals surface area contributed by atoms with E-state index in [0.717, 1.165) is 12.1 Å². The molecule has 0 radical (unpaired) electrons. The van der Waals surface area contributed by atoms with Crippen LogP contribution in [-0.2, 0) is 19.1 Å². The van der Waals surface area contributed by atoms with E-state index in [-0.39, 0.29) is 11.3 Å². The van der Waals surface area contributed by atoms with Crippen molar-refractivity contribution in [1.82, 2.24) is 0 Å². The third kappa shape index (κ3) is 4.20. The molecule has 0 bridgehead atoms. The van der Waals surface area contributed by atoms with Crippen LogP contribution in [0.5, 0.6) is 0 Å². The number of carbonyl (C=O) groups excluding carboxylic acids is 1. The van der Waals surface area contributed by atoms with Crippen LogP contribution in [0.2, 0.25) is 0 Å². The normalized spacial score (nSPS) is 11.5. The molecule has 112 valence electrons. The molecule has 8 nitrogen and oxygen atoms in total. The minimum atomic E-state index is -1.48. The smallest absolute Gasteiger partial charge is 0.339 e. The number of benzene rings is 1. The fraction of sp³-hybridized carbons (Fsp3) is 0.231. The lowest BCUT2D eigenvalue weighted by molar-refractivity contribution is -0.384. The molecule has 21 heavy (non-hydrogen) atoms. The SMILES string of the molecule is COC(OC)C(=O)C(=Cc1cccc([N+](=O)[O-])c1)C(=O)O. The van der Waals surface area contributed by atoms with E-state index in [1.54, 1.807) is 0 Å². The van der Waals surface area contributed by atoms with Crippen molar-refractivity contribution in [3.63, 3.8) is 0 Å². The van der Waals surface area contributed by atoms with E-state index in [2.05, 4.69) is 0 Å². The van der Waals surface area contributed by atoms with E-state index < -0.39 is 28.5 Å². The van der Waals surface area contributed by atoms with Gasteiger partial charge in [-0.05, 0) is 11.6 Å². The highest BCUT2D eigenvalue weighted by Crippen LogP contribution is 2.17. The summed E-state index contributed by atoms with van der Waals surface area (Å²) in [6.45, 7) is 0. The van der Waals surface area contributed by atoms with Gasteiger partial charge in [0.05, 0.1) is 4.92 Å². The Bertz CT molecular complexity index is 590. The number of hydrogen-bond donors (Lipinski definition) is 1. The van der Waals surface area contributed by atoms with Crippen molar-refractivity contribution in [2.45, 2.75) is 6.29 Å². The molecule has 0 saturated heterocycles. The molecule has 0 aromatic heterocycles. The fourth-order valence-electron chi connectivity index (χ4n) is 1.57. The number of ketones is 1. The van der Waals surface area contributed by atoms with Crippen LogP contribution in [0.1, 0.15) is 5.56 Å². The Morgan fingerprint density at radius 2 is 1.95 bits per heavy atom. The molecule has 1 aromatic carbocycles. The molecular formula is C13H13NO7. The van der Waals surface area contributed by atoms with E-state index in [1.165, 1.54) is 32.4 Å². The fourth-order valence-corrected chi connectivity index (χ4v) is 1.57. The van der Waals surface area contributed by atoms with Crippen LogP contribution in [0.25, 0.3) is 6.08 Å². The maximum Gasteiger partial charge on any atom is 0.339 e. The Morgan fingerprint density at radius 3 is 2.43 bits per heavy atom. The quantitative estimate of drug-likeness (QED) is 0.201. The number of non-ortho nitro benzene ring substituents is 1. The van der Waals surface area contributed by atoms with Gasteiger partial charge >= 0.3 is 5.97 Å². The number of nitro benzene ring substituents is 1. The van der Waals surface area contributed by atoms with E-state index in [1.807, 2.05) is 0 Å². The van der Waals surface area contributed by atoms with Gasteiger partial charge in [-0.3, -0.25) is 14.9 Å². The van der Waals surface area contributed by atoms with Gasteiger partial charge in [0.25, 0.3) is 5.69 Å². The molecule has 0 amide bonds. The summed E-state index contributed by atoms with van der Waals surface area (Å²) in [5.41, 5.74) is -0.596. The predicted molar refractivity (Wildman–Crippen MR) is 71.5 cm³/mol. The Balaban J connectivity index is 3.22. The van der Waals surface area contributed by atoms with Crippen LogP contribution in [0.4, 0.5) is 5.69 Å². The van der Waals surface area contributed by atoms with Crippen molar-refractivity contribution < 1.29 is 29.1 Å². The Labute approximate surface area is 119 Å². The summed E-state index contributed by atoms with van der Waals surface area (Å²) >= 11 is 0. The summed E-state index contributed by atoms with van der Waals surface area (Å²) in [6, 6.07) is 5.24. The molecule has 1 N–H and O–H groups in total. The maximum atomic E-state index is 11.9. The molecule has 0 fully saturated rings. The summed E-state index contributed by atoms with van der Waals surface area (Å²) in [7, 11) is 2.39. The minimum Gasteiger partial charge on any atom is -0.478 e. The molecule has 0 atom stereocenters. The van der Waals surface area contributed by atoms with E-state index in [9.17, 15) is 19.7 Å². The second kappa shape index (κ2) is 7.27. The van der Waals surface area contributed by atoms with Crippen LogP contribution in [0, 0.1) is 10.1 Å². The van der Waals surface area contributed by atoms with Crippen molar-refractivity contribution >= 4 is 23.5 Å². The summed E-state index contributed by atoms with van der Waals surface area (Å²) in [5.74, 6) is -2.37. The van der Waals surface area contributed by atoms with Crippen LogP contribution < -0.4 is 0 Å². The number of Topliss-reactive ketones (excluding diaryl/α,β-unsaturated/α-hetero) is 1. The van der Waals surface area contributed by atoms with Crippen LogP contribution in [0.15, 0.2) is 29.8 Å². The number of hydrogen-bond acceptors (Lipinski definition) is 6. The van der Waals surface area contributed by atoms with Gasteiger partial charge in [-0.25, -0.2) is 4.79 Å². The van der Waals surface area contributed by atoms with Crippen LogP contribution >= 0.6 is 0 Å². The Kier molecular flexibility index (Phi) is 5.70. The average Bonchev–Trinajstić information content (AvgIpc) is 2.45. The lowest BCUT2D eigenvalue weighted by Crippen LogP contribution is -2.29. The topological polar surface area (TPSA) is 116 Å². The highest BCUT2D eigenvalue weighted by atomic mass is 16.7. The highest BCUT2D eigenvalue weighted by molar-refractivity contribution is 6.21. The molecule has 1 rings (SSSR count). The van der Waals surface area contributed by atoms with E-state index in [4.69, 9.17) is 14.6 Å². The first-order valence-electron chi connectivity index (χ1n) is 5.70. The third-order valence-corrected chi connectivity index (χ3v) is 2.53. The summed E-state index contributed by atoms with van der Waals surface area (Å²) in [4.78, 5) is 33.2. The van der Waals surface area contributed by atoms with Gasteiger partial charge in [-0.15, -0.1) is 0 Å². The average molecular weight is 295 g/mol. The summed E-state index contributed by atoms with van der Waals surface area (Å²) in [6.07, 6.45) is -0.325. The zero-order chi connectivity index (χ0) is 16.0. The minimum absolute atomic E-state index is 0.209. The van der Waals surface area contributed by atoms with Gasteiger partial charge in [-0.2, -0.15) is 0 Å². The molecule has 0 unspecified atom stereocenters. The molecule has 0 aliphatic heterocycles. The highest BCUT2D eigenvalue weighted by Gasteiger charge is 2.26. The number of rotatable bonds is 7. The Morgan fingerprint density at radius 1 is 1.33 bits per heavy atom. The van der Waals surface area contributed by atoms with Gasteiger partial charge in [0.15, 0.2) is 0 Å². The van der Waals surface area contributed by atoms with Gasteiger partial charge in [0.1, 0.15) is 5.57 Å². The number of nitrogens with zero attached hydrogens (tertiary/aromatic N) is 1. The van der Waals surface area contributed by atoms with Gasteiger partial charge < -0.3 is 14.6 Å². The molecular weight excluding hydrogens is 282 g/mol. The van der Waals surface area contributed by atoms with Crippen molar-refractivity contribution in [1.29, 1.82) is 0 Å². The van der Waals surface area contributed by atoms with E-state index in [0.29, 0.717) is 0 Å². The number of carbonyl (C=O) groups is 2. The van der Waals surface area contributed by atoms with Crippen molar-refractivity contribution in [2.75, 3.05) is 14.2 Å². The largest absolute Gasteiger partial charge is 0.478 e. The van der Waals surface area contributed by atoms with Gasteiger partial charge in [0.2, 0.25) is 12.1 Å². The second-order valence-corrected chi connectivity index (χ2v) is 3.88. The summed E-state index contributed by atoms with van der Waals surface area (Å²) < 4.78 is 9.42. The number of nitro groups is 1. The lowest BCUT2D eigenvalue weighted by atomic mass is 10.1. The number of methoxy groups -OCH3 is 2. The molecule has 0 aliphatic rings. The molecule has 8 heteroatoms. The number of carboxylic acid groups (broad SMARTS) is 1. The van der Waals surface area contributed by atoms with Crippen molar-refractivity contribution in [3.05, 3.63) is 45.5 Å². The lowest BCUT2D eigenvalue weighted by Gasteiger charge is -2.12. The molecule has 0 spiro atoms. The molecule has 0 heterocycles. The number of aliphatic carboxylic acids is 1. The van der Waals surface area contributed by atoms with Crippen molar-refractivity contribution in [3.8, 4) is 0 Å². The maximum absolute atomic E-state index is 11.9. The predicted octanol–water partition coefficient (Wildman–Crippen LogP) is 1.25. The monoisotopic (exact) mass is 295 g/mol. The molecule has 1 aromatic rings. The third-order valence-electron chi connectivity index (χ3n) is 2.53. The molecule has 0 aliphatic carbocycles. The second-order valence-electron chi connectivity index (χ2n) is 3.88. The van der Waals surface area contributed by atoms with E-state index >= 15 is 0 Å². The van der Waals surface area contributed by atoms with Crippen LogP contribution in [-0.4, -0.2) is 42.3 Å². The standard InChI is InChI=1S/C13H13NO7/c1-20-13(21-2)11(15)10(12(16)17)7-8-4-3-5-9(6-8)14(18)19/h3-7,13H,1-2H3,(H,16,17). The summed E-state index contributed by atoms with van der Waals surface area (Å²) in [5, 5.41) is 19.8. The van der Waals surface area contributed by atoms with Gasteiger partial charge in [-0.1, -0.05) is 12.1 Å². The Hall–Kier alpha value is -2.58. The first kappa shape index (κ1) is 16.5. The van der Waals surface area contributed by atoms with Gasteiger partial charge in [0, 0.05) is 26.4 Å². The zero-order valence-electron chi connectivity index (χ0n) is 11.3. The molecule has 0 saturated carbocycles. The van der Waals surface area contributed by atoms with Crippen molar-refractivity contribution in [2.24, 2.45) is 0 Å².